The Morgan fingerprint density at radius 2 is 2.31 bits per heavy atom. The van der Waals surface area contributed by atoms with Crippen LogP contribution in [0.25, 0.3) is 0 Å². The summed E-state index contributed by atoms with van der Waals surface area (Å²) >= 11 is 6.10. The molecule has 0 amide bonds. The van der Waals surface area contributed by atoms with Gasteiger partial charge >= 0.3 is 0 Å². The molecule has 0 atom stereocenters. The zero-order chi connectivity index (χ0) is 9.31. The van der Waals surface area contributed by atoms with Crippen molar-refractivity contribution in [3.63, 3.8) is 0 Å². The lowest BCUT2D eigenvalue weighted by atomic mass is 9.65. The van der Waals surface area contributed by atoms with E-state index in [2.05, 4.69) is 4.98 Å². The van der Waals surface area contributed by atoms with Crippen molar-refractivity contribution in [3.05, 3.63) is 29.0 Å². The number of nitrogens with two attached hydrogens (primary N) is 1. The Morgan fingerprint density at radius 3 is 2.77 bits per heavy atom. The van der Waals surface area contributed by atoms with Crippen LogP contribution in [0.4, 0.5) is 0 Å². The predicted octanol–water partition coefficient (Wildman–Crippen LogP) is 2.12. The van der Waals surface area contributed by atoms with Crippen LogP contribution in [-0.4, -0.2) is 11.5 Å². The SMILES string of the molecule is NCC1(c2cnccc2Cl)CCC1. The number of aromatic nitrogens is 1. The lowest BCUT2D eigenvalue weighted by Gasteiger charge is -2.41. The zero-order valence-electron chi connectivity index (χ0n) is 7.46. The van der Waals surface area contributed by atoms with Gasteiger partial charge in [0, 0.05) is 29.4 Å². The topological polar surface area (TPSA) is 38.9 Å². The molecule has 0 bridgehead atoms. The van der Waals surface area contributed by atoms with E-state index < -0.39 is 0 Å². The summed E-state index contributed by atoms with van der Waals surface area (Å²) in [4.78, 5) is 4.10. The van der Waals surface area contributed by atoms with Gasteiger partial charge in [0.15, 0.2) is 0 Å². The Bertz CT molecular complexity index is 302. The Kier molecular flexibility index (Phi) is 2.26. The average molecular weight is 197 g/mol. The summed E-state index contributed by atoms with van der Waals surface area (Å²) in [6, 6.07) is 1.84. The minimum atomic E-state index is 0.130. The monoisotopic (exact) mass is 196 g/mol. The van der Waals surface area contributed by atoms with Crippen molar-refractivity contribution in [1.82, 2.24) is 4.98 Å². The summed E-state index contributed by atoms with van der Waals surface area (Å²) < 4.78 is 0. The van der Waals surface area contributed by atoms with Gasteiger partial charge in [0.25, 0.3) is 0 Å². The van der Waals surface area contributed by atoms with Crippen LogP contribution >= 0.6 is 11.6 Å². The summed E-state index contributed by atoms with van der Waals surface area (Å²) in [5.74, 6) is 0. The Hall–Kier alpha value is -0.600. The summed E-state index contributed by atoms with van der Waals surface area (Å²) in [6.07, 6.45) is 7.12. The van der Waals surface area contributed by atoms with Crippen LogP contribution in [0.15, 0.2) is 18.5 Å². The largest absolute Gasteiger partial charge is 0.330 e. The van der Waals surface area contributed by atoms with Gasteiger partial charge in [-0.3, -0.25) is 4.98 Å². The highest BCUT2D eigenvalue weighted by Gasteiger charge is 2.38. The van der Waals surface area contributed by atoms with E-state index >= 15 is 0 Å². The van der Waals surface area contributed by atoms with Crippen molar-refractivity contribution in [2.45, 2.75) is 24.7 Å². The van der Waals surface area contributed by atoms with E-state index in [0.29, 0.717) is 6.54 Å². The van der Waals surface area contributed by atoms with Crippen LogP contribution < -0.4 is 5.73 Å². The molecule has 0 spiro atoms. The zero-order valence-corrected chi connectivity index (χ0v) is 8.22. The third-order valence-corrected chi connectivity index (χ3v) is 3.37. The van der Waals surface area contributed by atoms with E-state index in [1.54, 1.807) is 6.20 Å². The molecule has 1 fully saturated rings. The molecular formula is C10H13ClN2. The van der Waals surface area contributed by atoms with Crippen molar-refractivity contribution >= 4 is 11.6 Å². The molecule has 2 N–H and O–H groups in total. The normalized spacial score (nSPS) is 19.5. The summed E-state index contributed by atoms with van der Waals surface area (Å²) in [7, 11) is 0. The van der Waals surface area contributed by atoms with Crippen molar-refractivity contribution in [2.24, 2.45) is 5.73 Å². The molecule has 3 heteroatoms. The van der Waals surface area contributed by atoms with Gasteiger partial charge in [0.05, 0.1) is 0 Å². The fraction of sp³-hybridized carbons (Fsp3) is 0.500. The molecule has 70 valence electrons. The molecule has 13 heavy (non-hydrogen) atoms. The summed E-state index contributed by atoms with van der Waals surface area (Å²) in [5, 5.41) is 0.806. The molecule has 1 saturated carbocycles. The maximum Gasteiger partial charge on any atom is 0.0474 e. The lowest BCUT2D eigenvalue weighted by molar-refractivity contribution is 0.252. The maximum absolute atomic E-state index is 6.10. The van der Waals surface area contributed by atoms with Gasteiger partial charge in [-0.1, -0.05) is 18.0 Å². The fourth-order valence-electron chi connectivity index (χ4n) is 1.95. The minimum Gasteiger partial charge on any atom is -0.330 e. The molecular weight excluding hydrogens is 184 g/mol. The smallest absolute Gasteiger partial charge is 0.0474 e. The average Bonchev–Trinajstić information content (AvgIpc) is 2.07. The lowest BCUT2D eigenvalue weighted by Crippen LogP contribution is -2.41. The quantitative estimate of drug-likeness (QED) is 0.787. The fourth-order valence-corrected chi connectivity index (χ4v) is 2.26. The van der Waals surface area contributed by atoms with E-state index in [9.17, 15) is 0 Å². The molecule has 1 aliphatic carbocycles. The van der Waals surface area contributed by atoms with Gasteiger partial charge in [0.1, 0.15) is 0 Å². The van der Waals surface area contributed by atoms with Crippen molar-refractivity contribution in [2.75, 3.05) is 6.54 Å². The summed E-state index contributed by atoms with van der Waals surface area (Å²) in [6.45, 7) is 0.679. The highest BCUT2D eigenvalue weighted by atomic mass is 35.5. The number of hydrogen-bond acceptors (Lipinski definition) is 2. The van der Waals surface area contributed by atoms with E-state index in [1.165, 1.54) is 6.42 Å². The minimum absolute atomic E-state index is 0.130. The molecule has 1 aromatic heterocycles. The van der Waals surface area contributed by atoms with Crippen LogP contribution in [0, 0.1) is 0 Å². The molecule has 0 aromatic carbocycles. The van der Waals surface area contributed by atoms with Crippen LogP contribution in [-0.2, 0) is 5.41 Å². The predicted molar refractivity (Wildman–Crippen MR) is 53.8 cm³/mol. The third-order valence-electron chi connectivity index (χ3n) is 3.04. The molecule has 0 aliphatic heterocycles. The van der Waals surface area contributed by atoms with Crippen LogP contribution in [0.1, 0.15) is 24.8 Å². The number of nitrogens with zero attached hydrogens (tertiary/aromatic N) is 1. The first-order valence-electron chi connectivity index (χ1n) is 4.58. The third kappa shape index (κ3) is 1.34. The molecule has 1 heterocycles. The molecule has 0 radical (unpaired) electrons. The van der Waals surface area contributed by atoms with E-state index in [0.717, 1.165) is 23.4 Å². The van der Waals surface area contributed by atoms with Crippen molar-refractivity contribution in [1.29, 1.82) is 0 Å². The number of rotatable bonds is 2. The molecule has 2 nitrogen and oxygen atoms in total. The van der Waals surface area contributed by atoms with Gasteiger partial charge in [-0.25, -0.2) is 0 Å². The van der Waals surface area contributed by atoms with Crippen LogP contribution in [0.5, 0.6) is 0 Å². The standard InChI is InChI=1S/C10H13ClN2/c11-9-2-5-13-6-8(9)10(7-12)3-1-4-10/h2,5-6H,1,3-4,7,12H2. The first-order valence-corrected chi connectivity index (χ1v) is 4.96. The van der Waals surface area contributed by atoms with Gasteiger partial charge in [-0.2, -0.15) is 0 Å². The van der Waals surface area contributed by atoms with Crippen LogP contribution in [0.3, 0.4) is 0 Å². The molecule has 2 rings (SSSR count). The van der Waals surface area contributed by atoms with E-state index in [-0.39, 0.29) is 5.41 Å². The van der Waals surface area contributed by atoms with Crippen molar-refractivity contribution < 1.29 is 0 Å². The van der Waals surface area contributed by atoms with Crippen molar-refractivity contribution in [3.8, 4) is 0 Å². The number of halogens is 1. The first-order chi connectivity index (χ1) is 6.28. The molecule has 1 aromatic rings. The molecule has 1 aliphatic rings. The number of pyridine rings is 1. The summed E-state index contributed by atoms with van der Waals surface area (Å²) in [5.41, 5.74) is 7.04. The molecule has 0 unspecified atom stereocenters. The number of hydrogen-bond donors (Lipinski definition) is 1. The highest BCUT2D eigenvalue weighted by Crippen LogP contribution is 2.44. The molecule has 0 saturated heterocycles. The first kappa shape index (κ1) is 8.97. The van der Waals surface area contributed by atoms with Gasteiger partial charge in [-0.15, -0.1) is 0 Å². The second-order valence-corrected chi connectivity index (χ2v) is 4.10. The van der Waals surface area contributed by atoms with Gasteiger partial charge in [-0.05, 0) is 24.5 Å². The van der Waals surface area contributed by atoms with Gasteiger partial charge in [0.2, 0.25) is 0 Å². The van der Waals surface area contributed by atoms with E-state index in [4.69, 9.17) is 17.3 Å². The van der Waals surface area contributed by atoms with Crippen LogP contribution in [0.2, 0.25) is 5.02 Å². The second-order valence-electron chi connectivity index (χ2n) is 3.69. The van der Waals surface area contributed by atoms with E-state index in [1.807, 2.05) is 12.3 Å². The highest BCUT2D eigenvalue weighted by molar-refractivity contribution is 6.31. The Labute approximate surface area is 83.1 Å². The van der Waals surface area contributed by atoms with Gasteiger partial charge < -0.3 is 5.73 Å². The second kappa shape index (κ2) is 3.28. The Balaban J connectivity index is 2.38. The Morgan fingerprint density at radius 1 is 1.54 bits per heavy atom. The maximum atomic E-state index is 6.10.